The molecule has 5 nitrogen and oxygen atoms in total. The molecular weight excluding hydrogens is 158 g/mol. The number of nitrogens with zero attached hydrogens (tertiary/aromatic N) is 2. The van der Waals surface area contributed by atoms with Crippen LogP contribution >= 0.6 is 0 Å². The zero-order valence-corrected chi connectivity index (χ0v) is 6.78. The first-order valence-corrected chi connectivity index (χ1v) is 3.75. The maximum Gasteiger partial charge on any atom is 0.342 e. The Balaban J connectivity index is 2.53. The third-order valence-corrected chi connectivity index (χ3v) is 1.30. The number of amides is 1. The fraction of sp³-hybridized carbons (Fsp3) is 0.429. The molecule has 0 saturated carbocycles. The van der Waals surface area contributed by atoms with E-state index in [-0.39, 0.29) is 6.03 Å². The highest BCUT2D eigenvalue weighted by molar-refractivity contribution is 5.75. The van der Waals surface area contributed by atoms with Crippen molar-refractivity contribution in [2.24, 2.45) is 0 Å². The Bertz CT molecular complexity index is 269. The predicted molar refractivity (Wildman–Crippen MR) is 41.4 cm³/mol. The Morgan fingerprint density at radius 1 is 1.75 bits per heavy atom. The van der Waals surface area contributed by atoms with Gasteiger partial charge in [-0.25, -0.2) is 4.79 Å². The number of carbonyl (C=O) groups excluding carboxylic acids is 1. The van der Waals surface area contributed by atoms with E-state index in [0.717, 1.165) is 11.1 Å². The molecule has 1 aromatic rings. The van der Waals surface area contributed by atoms with Crippen molar-refractivity contribution in [1.82, 2.24) is 15.1 Å². The Hall–Kier alpha value is -1.52. The Kier molecular flexibility index (Phi) is 2.68. The normalized spacial score (nSPS) is 9.75. The number of hydrogen-bond acceptors (Lipinski definition) is 2. The summed E-state index contributed by atoms with van der Waals surface area (Å²) >= 11 is 0. The lowest BCUT2D eigenvalue weighted by Gasteiger charge is -2.00. The van der Waals surface area contributed by atoms with Crippen molar-refractivity contribution in [3.05, 3.63) is 12.3 Å². The second-order valence-corrected chi connectivity index (χ2v) is 2.33. The van der Waals surface area contributed by atoms with Gasteiger partial charge in [-0.15, -0.1) is 5.10 Å². The van der Waals surface area contributed by atoms with Crippen LogP contribution in [-0.4, -0.2) is 22.4 Å². The molecule has 0 saturated heterocycles. The monoisotopic (exact) mass is 168 g/mol. The molecule has 1 aromatic heterocycles. The van der Waals surface area contributed by atoms with Gasteiger partial charge in [-0.3, -0.25) is 5.11 Å². The van der Waals surface area contributed by atoms with E-state index in [1.165, 1.54) is 12.3 Å². The number of carbonyl (C=O) groups is 1. The van der Waals surface area contributed by atoms with E-state index < -0.39 is 5.88 Å². The molecule has 5 heteroatoms. The molecule has 0 bridgehead atoms. The topological polar surface area (TPSA) is 66.8 Å². The number of nitrogens with one attached hydrogen (secondary N) is 1. The van der Waals surface area contributed by atoms with Gasteiger partial charge in [0.2, 0.25) is 0 Å². The van der Waals surface area contributed by atoms with Gasteiger partial charge in [0.05, 0.1) is 0 Å². The van der Waals surface area contributed by atoms with Gasteiger partial charge in [-0.05, 0) is 6.42 Å². The van der Waals surface area contributed by atoms with Crippen molar-refractivity contribution in [1.29, 1.82) is 0 Å². The largest absolute Gasteiger partial charge is 0.342 e. The Morgan fingerprint density at radius 2 is 2.50 bits per heavy atom. The highest BCUT2D eigenvalue weighted by atomic mass is 16.3. The van der Waals surface area contributed by atoms with Crippen LogP contribution in [0.25, 0.3) is 0 Å². The maximum absolute atomic E-state index is 11.1. The molecule has 1 rings (SSSR count). The molecule has 0 unspecified atom stereocenters. The van der Waals surface area contributed by atoms with Gasteiger partial charge in [0.15, 0.2) is 0 Å². The van der Waals surface area contributed by atoms with Crippen molar-refractivity contribution >= 4 is 6.03 Å². The minimum Gasteiger partial charge on any atom is -0.336 e. The maximum atomic E-state index is 11.1. The summed E-state index contributed by atoms with van der Waals surface area (Å²) in [5.41, 5.74) is 0. The standard InChI is InChI=1S/C7H10N3O2/c1-2-4-8-7(12)10-5-3-6(11)9-10/h3,5H,2,4H2,1H3,(H,8,12). The van der Waals surface area contributed by atoms with E-state index in [9.17, 15) is 9.90 Å². The van der Waals surface area contributed by atoms with E-state index in [2.05, 4.69) is 10.4 Å². The highest BCUT2D eigenvalue weighted by Crippen LogP contribution is 2.01. The third kappa shape index (κ3) is 1.98. The van der Waals surface area contributed by atoms with Gasteiger partial charge in [-0.1, -0.05) is 6.92 Å². The lowest BCUT2D eigenvalue weighted by Crippen LogP contribution is -2.29. The molecule has 0 aliphatic rings. The number of aromatic nitrogens is 2. The first-order valence-electron chi connectivity index (χ1n) is 3.75. The smallest absolute Gasteiger partial charge is 0.336 e. The van der Waals surface area contributed by atoms with E-state index in [4.69, 9.17) is 0 Å². The van der Waals surface area contributed by atoms with E-state index >= 15 is 0 Å². The molecule has 0 fully saturated rings. The van der Waals surface area contributed by atoms with Crippen molar-refractivity contribution in [2.45, 2.75) is 13.3 Å². The van der Waals surface area contributed by atoms with Crippen LogP contribution in [0.1, 0.15) is 13.3 Å². The van der Waals surface area contributed by atoms with Crippen LogP contribution < -0.4 is 5.32 Å². The first kappa shape index (κ1) is 8.58. The third-order valence-electron chi connectivity index (χ3n) is 1.30. The van der Waals surface area contributed by atoms with Crippen molar-refractivity contribution in [3.8, 4) is 5.88 Å². The second-order valence-electron chi connectivity index (χ2n) is 2.33. The first-order chi connectivity index (χ1) is 5.74. The fourth-order valence-electron chi connectivity index (χ4n) is 0.733. The predicted octanol–water partition coefficient (Wildman–Crippen LogP) is 0.995. The number of rotatable bonds is 2. The molecule has 0 aromatic carbocycles. The van der Waals surface area contributed by atoms with Gasteiger partial charge in [-0.2, -0.15) is 4.68 Å². The molecule has 0 spiro atoms. The molecule has 65 valence electrons. The molecular formula is C7H10N3O2. The summed E-state index contributed by atoms with van der Waals surface area (Å²) in [7, 11) is 0. The van der Waals surface area contributed by atoms with E-state index in [1.807, 2.05) is 6.92 Å². The molecule has 0 aliphatic heterocycles. The summed E-state index contributed by atoms with van der Waals surface area (Å²) in [6, 6.07) is 0.880. The van der Waals surface area contributed by atoms with Crippen molar-refractivity contribution in [2.75, 3.05) is 6.54 Å². The molecule has 1 heterocycles. The van der Waals surface area contributed by atoms with E-state index in [0.29, 0.717) is 6.54 Å². The minimum atomic E-state index is -0.401. The second kappa shape index (κ2) is 3.75. The minimum absolute atomic E-state index is 0.362. The Labute approximate surface area is 70.0 Å². The Morgan fingerprint density at radius 3 is 3.00 bits per heavy atom. The quantitative estimate of drug-likeness (QED) is 0.715. The van der Waals surface area contributed by atoms with Crippen molar-refractivity contribution in [3.63, 3.8) is 0 Å². The van der Waals surface area contributed by atoms with Gasteiger partial charge < -0.3 is 5.32 Å². The number of hydrogen-bond donors (Lipinski definition) is 1. The fourth-order valence-corrected chi connectivity index (χ4v) is 0.733. The van der Waals surface area contributed by atoms with Gasteiger partial charge in [0, 0.05) is 18.8 Å². The summed E-state index contributed by atoms with van der Waals surface area (Å²) < 4.78 is 0.998. The van der Waals surface area contributed by atoms with Gasteiger partial charge in [0.1, 0.15) is 0 Å². The van der Waals surface area contributed by atoms with Crippen LogP contribution in [0.3, 0.4) is 0 Å². The average molecular weight is 168 g/mol. The van der Waals surface area contributed by atoms with Crippen LogP contribution in [0.15, 0.2) is 12.3 Å². The summed E-state index contributed by atoms with van der Waals surface area (Å²) in [6.07, 6.45) is 2.20. The molecule has 12 heavy (non-hydrogen) atoms. The zero-order valence-electron chi connectivity index (χ0n) is 6.78. The van der Waals surface area contributed by atoms with E-state index in [1.54, 1.807) is 0 Å². The summed E-state index contributed by atoms with van der Waals surface area (Å²) in [5.74, 6) is -0.401. The van der Waals surface area contributed by atoms with Crippen LogP contribution in [0.4, 0.5) is 4.79 Å². The SMILES string of the molecule is CCCNC(=O)n1ccc([O])n1. The average Bonchev–Trinajstić information content (AvgIpc) is 2.47. The molecule has 1 radical (unpaired) electrons. The lowest BCUT2D eigenvalue weighted by atomic mass is 10.5. The molecule has 0 aliphatic carbocycles. The zero-order chi connectivity index (χ0) is 8.97. The van der Waals surface area contributed by atoms with Gasteiger partial charge >= 0.3 is 6.03 Å². The van der Waals surface area contributed by atoms with Crippen LogP contribution in [0.2, 0.25) is 0 Å². The summed E-state index contributed by atoms with van der Waals surface area (Å²) in [4.78, 5) is 11.1. The van der Waals surface area contributed by atoms with Gasteiger partial charge in [0.25, 0.3) is 5.88 Å². The summed E-state index contributed by atoms with van der Waals surface area (Å²) in [5, 5.41) is 16.6. The van der Waals surface area contributed by atoms with Crippen LogP contribution in [0.5, 0.6) is 5.88 Å². The lowest BCUT2D eigenvalue weighted by molar-refractivity contribution is 0.238. The molecule has 0 atom stereocenters. The van der Waals surface area contributed by atoms with Crippen LogP contribution in [-0.2, 0) is 5.11 Å². The molecule has 1 N–H and O–H groups in total. The van der Waals surface area contributed by atoms with Crippen molar-refractivity contribution < 1.29 is 9.90 Å². The van der Waals surface area contributed by atoms with Crippen LogP contribution in [0, 0.1) is 0 Å². The summed E-state index contributed by atoms with van der Waals surface area (Å²) in [6.45, 7) is 2.54. The molecule has 1 amide bonds. The highest BCUT2D eigenvalue weighted by Gasteiger charge is 2.04.